The number of rotatable bonds is 6. The van der Waals surface area contributed by atoms with Crippen LogP contribution in [0.4, 0.5) is 0 Å². The molecule has 7 rings (SSSR count). The van der Waals surface area contributed by atoms with E-state index in [1.807, 2.05) is 0 Å². The highest BCUT2D eigenvalue weighted by Gasteiger charge is 2.50. The molecule has 2 heteroatoms. The molecule has 1 fully saturated rings. The van der Waals surface area contributed by atoms with Crippen LogP contribution in [0.2, 0.25) is 0 Å². The molecule has 0 amide bonds. The molecule has 0 unspecified atom stereocenters. The Kier molecular flexibility index (Phi) is 6.15. The average Bonchev–Trinajstić information content (AvgIpc) is 3.63. The van der Waals surface area contributed by atoms with E-state index in [2.05, 4.69) is 144 Å². The minimum Gasteiger partial charge on any atom is -0.391 e. The van der Waals surface area contributed by atoms with Gasteiger partial charge in [0, 0.05) is 18.5 Å². The molecule has 0 saturated carbocycles. The van der Waals surface area contributed by atoms with E-state index in [0.717, 1.165) is 19.4 Å². The van der Waals surface area contributed by atoms with Crippen LogP contribution < -0.4 is 0 Å². The van der Waals surface area contributed by atoms with E-state index < -0.39 is 11.6 Å². The first kappa shape index (κ1) is 24.1. The van der Waals surface area contributed by atoms with Crippen molar-refractivity contribution in [2.24, 2.45) is 0 Å². The predicted octanol–water partition coefficient (Wildman–Crippen LogP) is 7.62. The first-order valence-corrected chi connectivity index (χ1v) is 14.1. The summed E-state index contributed by atoms with van der Waals surface area (Å²) in [7, 11) is 0. The topological polar surface area (TPSA) is 23.5 Å². The van der Waals surface area contributed by atoms with Gasteiger partial charge >= 0.3 is 0 Å². The van der Waals surface area contributed by atoms with Crippen LogP contribution in [0.15, 0.2) is 140 Å². The highest BCUT2D eigenvalue weighted by atomic mass is 16.3. The van der Waals surface area contributed by atoms with Gasteiger partial charge in [-0.15, -0.1) is 0 Å². The number of likely N-dealkylation sites (tertiary alicyclic amines) is 1. The fraction of sp³-hybridized carbons (Fsp3) is 0.189. The van der Waals surface area contributed by atoms with E-state index in [9.17, 15) is 5.11 Å². The number of hydrogen-bond donors (Lipinski definition) is 1. The van der Waals surface area contributed by atoms with Crippen molar-refractivity contribution >= 4 is 0 Å². The van der Waals surface area contributed by atoms with Gasteiger partial charge in [0.25, 0.3) is 0 Å². The summed E-state index contributed by atoms with van der Waals surface area (Å²) in [5.41, 5.74) is 8.15. The Labute approximate surface area is 231 Å². The molecule has 1 aliphatic carbocycles. The number of nitrogens with zero attached hydrogens (tertiary/aromatic N) is 1. The quantitative estimate of drug-likeness (QED) is 0.239. The summed E-state index contributed by atoms with van der Waals surface area (Å²) in [6, 6.07) is 49.9. The van der Waals surface area contributed by atoms with E-state index in [0.29, 0.717) is 0 Å². The number of aliphatic hydroxyl groups is 1. The summed E-state index contributed by atoms with van der Waals surface area (Å²) < 4.78 is 0. The molecule has 1 saturated heterocycles. The third-order valence-corrected chi connectivity index (χ3v) is 8.92. The van der Waals surface area contributed by atoms with Crippen LogP contribution in [0.1, 0.15) is 46.6 Å². The van der Waals surface area contributed by atoms with Gasteiger partial charge in [-0.1, -0.05) is 140 Å². The number of fused-ring (bicyclic) bond motifs is 3. The number of benzene rings is 5. The Morgan fingerprint density at radius 1 is 0.564 bits per heavy atom. The Bertz CT molecular complexity index is 1420. The lowest BCUT2D eigenvalue weighted by Gasteiger charge is -2.48. The number of hydrogen-bond acceptors (Lipinski definition) is 2. The van der Waals surface area contributed by atoms with Gasteiger partial charge < -0.3 is 5.11 Å². The van der Waals surface area contributed by atoms with Gasteiger partial charge in [-0.2, -0.15) is 0 Å². The summed E-state index contributed by atoms with van der Waals surface area (Å²) in [5.74, 6) is -0.0528. The third-order valence-electron chi connectivity index (χ3n) is 8.92. The average molecular weight is 508 g/mol. The Hall–Kier alpha value is -3.98. The molecule has 0 bridgehead atoms. The summed E-state index contributed by atoms with van der Waals surface area (Å²) >= 11 is 0. The van der Waals surface area contributed by atoms with Crippen molar-refractivity contribution in [3.8, 4) is 11.1 Å². The SMILES string of the molecule is O[C@H](C1c2ccccc2-c2ccccc21)[C@@H]1CCCN1C(c1ccccc1)(c1ccccc1)c1ccccc1. The molecule has 1 heterocycles. The van der Waals surface area contributed by atoms with Gasteiger partial charge in [0.1, 0.15) is 0 Å². The second-order valence-electron chi connectivity index (χ2n) is 10.9. The lowest BCUT2D eigenvalue weighted by Crippen LogP contribution is -2.54. The van der Waals surface area contributed by atoms with Crippen molar-refractivity contribution in [1.82, 2.24) is 4.90 Å². The maximum absolute atomic E-state index is 12.5. The second kappa shape index (κ2) is 9.96. The standard InChI is InChI=1S/C37H33NO/c39-36(35-32-23-12-10-21-30(32)31-22-11-13-24-33(31)35)34-25-14-26-38(34)37(27-15-4-1-5-16-27,28-17-6-2-7-18-28)29-19-8-3-9-20-29/h1-13,15-24,34-36,39H,14,25-26H2/t34-,36-/m0/s1. The molecule has 2 nitrogen and oxygen atoms in total. The molecule has 0 aromatic heterocycles. The molecule has 39 heavy (non-hydrogen) atoms. The summed E-state index contributed by atoms with van der Waals surface area (Å²) in [4.78, 5) is 2.61. The molecular weight excluding hydrogens is 474 g/mol. The van der Waals surface area contributed by atoms with Gasteiger partial charge in [0.05, 0.1) is 11.6 Å². The van der Waals surface area contributed by atoms with E-state index >= 15 is 0 Å². The van der Waals surface area contributed by atoms with Crippen LogP contribution in [0.5, 0.6) is 0 Å². The molecule has 1 N–H and O–H groups in total. The van der Waals surface area contributed by atoms with Crippen molar-refractivity contribution in [2.75, 3.05) is 6.54 Å². The molecule has 2 aliphatic rings. The minimum absolute atomic E-state index is 0.0187. The van der Waals surface area contributed by atoms with E-state index in [1.54, 1.807) is 0 Å². The summed E-state index contributed by atoms with van der Waals surface area (Å²) in [6.07, 6.45) is 1.45. The normalized spacial score (nSPS) is 18.0. The van der Waals surface area contributed by atoms with Crippen LogP contribution in [0.25, 0.3) is 11.1 Å². The molecular formula is C37H33NO. The molecule has 1 aliphatic heterocycles. The monoisotopic (exact) mass is 507 g/mol. The van der Waals surface area contributed by atoms with Crippen molar-refractivity contribution in [3.05, 3.63) is 167 Å². The van der Waals surface area contributed by atoms with Crippen LogP contribution >= 0.6 is 0 Å². The summed E-state index contributed by atoms with van der Waals surface area (Å²) in [6.45, 7) is 0.913. The maximum atomic E-state index is 12.5. The summed E-state index contributed by atoms with van der Waals surface area (Å²) in [5, 5.41) is 12.5. The van der Waals surface area contributed by atoms with Gasteiger partial charge in [-0.25, -0.2) is 0 Å². The van der Waals surface area contributed by atoms with Crippen molar-refractivity contribution in [3.63, 3.8) is 0 Å². The van der Waals surface area contributed by atoms with Crippen molar-refractivity contribution in [1.29, 1.82) is 0 Å². The second-order valence-corrected chi connectivity index (χ2v) is 10.9. The Balaban J connectivity index is 1.42. The zero-order valence-corrected chi connectivity index (χ0v) is 22.0. The third kappa shape index (κ3) is 3.78. The number of aliphatic hydroxyl groups excluding tert-OH is 1. The lowest BCUT2D eigenvalue weighted by atomic mass is 9.74. The largest absolute Gasteiger partial charge is 0.391 e. The smallest absolute Gasteiger partial charge is 0.0976 e. The van der Waals surface area contributed by atoms with Crippen LogP contribution in [0.3, 0.4) is 0 Å². The molecule has 5 aromatic carbocycles. The maximum Gasteiger partial charge on any atom is 0.0976 e. The highest BCUT2D eigenvalue weighted by molar-refractivity contribution is 5.79. The first-order valence-electron chi connectivity index (χ1n) is 14.1. The van der Waals surface area contributed by atoms with Crippen molar-refractivity contribution in [2.45, 2.75) is 36.4 Å². The van der Waals surface area contributed by atoms with E-state index in [4.69, 9.17) is 0 Å². The van der Waals surface area contributed by atoms with Gasteiger partial charge in [0.2, 0.25) is 0 Å². The molecule has 0 spiro atoms. The minimum atomic E-state index is -0.548. The van der Waals surface area contributed by atoms with E-state index in [1.165, 1.54) is 38.9 Å². The van der Waals surface area contributed by atoms with Crippen molar-refractivity contribution < 1.29 is 5.11 Å². The molecule has 5 aromatic rings. The van der Waals surface area contributed by atoms with Gasteiger partial charge in [-0.05, 0) is 51.8 Å². The fourth-order valence-corrected chi connectivity index (χ4v) is 7.38. The zero-order valence-electron chi connectivity index (χ0n) is 22.0. The first-order chi connectivity index (χ1) is 19.3. The molecule has 0 radical (unpaired) electrons. The van der Waals surface area contributed by atoms with Crippen LogP contribution in [0, 0.1) is 0 Å². The predicted molar refractivity (Wildman–Crippen MR) is 159 cm³/mol. The lowest BCUT2D eigenvalue weighted by molar-refractivity contribution is 0.0252. The van der Waals surface area contributed by atoms with Gasteiger partial charge in [-0.3, -0.25) is 4.90 Å². The Morgan fingerprint density at radius 2 is 0.974 bits per heavy atom. The molecule has 2 atom stereocenters. The van der Waals surface area contributed by atoms with Crippen LogP contribution in [-0.2, 0) is 5.54 Å². The van der Waals surface area contributed by atoms with Crippen LogP contribution in [-0.4, -0.2) is 28.7 Å². The Morgan fingerprint density at radius 3 is 1.44 bits per heavy atom. The molecule has 192 valence electrons. The fourth-order valence-electron chi connectivity index (χ4n) is 7.38. The highest BCUT2D eigenvalue weighted by Crippen LogP contribution is 2.51. The van der Waals surface area contributed by atoms with Gasteiger partial charge in [0.15, 0.2) is 0 Å². The van der Waals surface area contributed by atoms with E-state index in [-0.39, 0.29) is 12.0 Å². The zero-order chi connectivity index (χ0) is 26.2.